The Bertz CT molecular complexity index is 1860. The summed E-state index contributed by atoms with van der Waals surface area (Å²) in [6, 6.07) is 40.8. The van der Waals surface area contributed by atoms with E-state index in [0.717, 1.165) is 39.5 Å². The van der Waals surface area contributed by atoms with Gasteiger partial charge in [-0.2, -0.15) is 4.98 Å². The summed E-state index contributed by atoms with van der Waals surface area (Å²) in [5.74, 6) is 2.05. The van der Waals surface area contributed by atoms with Crippen LogP contribution in [-0.2, 0) is 0 Å². The van der Waals surface area contributed by atoms with E-state index in [9.17, 15) is 0 Å². The number of hydrogen-bond acceptors (Lipinski definition) is 4. The van der Waals surface area contributed by atoms with Gasteiger partial charge < -0.3 is 4.74 Å². The largest absolute Gasteiger partial charge is 0.439 e. The molecule has 5 heteroatoms. The number of pyridine rings is 2. The van der Waals surface area contributed by atoms with E-state index >= 15 is 0 Å². The molecule has 0 fully saturated rings. The zero-order valence-electron chi connectivity index (χ0n) is 19.9. The highest BCUT2D eigenvalue weighted by atomic mass is 16.5. The van der Waals surface area contributed by atoms with Gasteiger partial charge in [-0.3, -0.25) is 9.30 Å². The molecular formula is C32H22N4O. The molecule has 3 aromatic heterocycles. The average molecular weight is 479 g/mol. The van der Waals surface area contributed by atoms with Crippen molar-refractivity contribution in [1.82, 2.24) is 14.4 Å². The van der Waals surface area contributed by atoms with E-state index in [2.05, 4.69) is 63.9 Å². The van der Waals surface area contributed by atoms with Crippen molar-refractivity contribution in [3.8, 4) is 11.6 Å². The molecular weight excluding hydrogens is 456 g/mol. The monoisotopic (exact) mass is 478 g/mol. The minimum absolute atomic E-state index is 0.534. The van der Waals surface area contributed by atoms with Crippen LogP contribution in [0.2, 0.25) is 0 Å². The van der Waals surface area contributed by atoms with E-state index in [1.165, 1.54) is 10.8 Å². The number of anilines is 3. The number of imidazole rings is 1. The first-order valence-electron chi connectivity index (χ1n) is 12.2. The van der Waals surface area contributed by atoms with Gasteiger partial charge in [0.15, 0.2) is 0 Å². The lowest BCUT2D eigenvalue weighted by molar-refractivity contribution is 0.463. The molecule has 5 nitrogen and oxygen atoms in total. The predicted molar refractivity (Wildman–Crippen MR) is 149 cm³/mol. The van der Waals surface area contributed by atoms with Gasteiger partial charge in [0.25, 0.3) is 0 Å². The number of hydrogen-bond donors (Lipinski definition) is 0. The van der Waals surface area contributed by atoms with Gasteiger partial charge in [-0.15, -0.1) is 0 Å². The molecule has 0 unspecified atom stereocenters. The predicted octanol–water partition coefficient (Wildman–Crippen LogP) is 8.30. The minimum atomic E-state index is 0.534. The molecule has 7 aromatic rings. The second-order valence-corrected chi connectivity index (χ2v) is 8.79. The van der Waals surface area contributed by atoms with Crippen LogP contribution in [-0.4, -0.2) is 14.4 Å². The third-order valence-corrected chi connectivity index (χ3v) is 6.51. The molecule has 0 saturated heterocycles. The molecule has 0 radical (unpaired) electrons. The van der Waals surface area contributed by atoms with Crippen LogP contribution in [0.5, 0.6) is 11.6 Å². The molecule has 37 heavy (non-hydrogen) atoms. The Balaban J connectivity index is 1.42. The molecule has 0 amide bonds. The lowest BCUT2D eigenvalue weighted by Crippen LogP contribution is -2.11. The molecule has 0 N–H and O–H groups in total. The molecule has 7 rings (SSSR count). The maximum absolute atomic E-state index is 6.06. The number of nitrogens with zero attached hydrogens (tertiary/aromatic N) is 4. The summed E-state index contributed by atoms with van der Waals surface area (Å²) in [6.45, 7) is 0. The topological polar surface area (TPSA) is 42.7 Å². The summed E-state index contributed by atoms with van der Waals surface area (Å²) in [7, 11) is 0. The quantitative estimate of drug-likeness (QED) is 0.233. The maximum Gasteiger partial charge on any atom is 0.221 e. The van der Waals surface area contributed by atoms with Crippen molar-refractivity contribution in [2.75, 3.05) is 4.90 Å². The molecule has 0 atom stereocenters. The summed E-state index contributed by atoms with van der Waals surface area (Å²) in [5.41, 5.74) is 4.06. The van der Waals surface area contributed by atoms with Gasteiger partial charge >= 0.3 is 0 Å². The summed E-state index contributed by atoms with van der Waals surface area (Å²) in [5, 5.41) is 3.44. The van der Waals surface area contributed by atoms with Crippen molar-refractivity contribution < 1.29 is 4.74 Å². The Morgan fingerprint density at radius 3 is 2.27 bits per heavy atom. The number of fused-ring (bicyclic) bond motifs is 6. The SMILES string of the molecule is c1ccc(Oc2cccc(N(c3ccccc3)c3ccc4c5ccccc5n5ccnc5c4c3)n2)cc1. The van der Waals surface area contributed by atoms with Crippen LogP contribution in [0.3, 0.4) is 0 Å². The van der Waals surface area contributed by atoms with Crippen molar-refractivity contribution in [3.05, 3.63) is 134 Å². The summed E-state index contributed by atoms with van der Waals surface area (Å²) in [4.78, 5) is 11.7. The van der Waals surface area contributed by atoms with E-state index in [1.54, 1.807) is 0 Å². The third kappa shape index (κ3) is 3.74. The molecule has 0 aliphatic carbocycles. The molecule has 0 saturated carbocycles. The van der Waals surface area contributed by atoms with Crippen molar-refractivity contribution in [2.45, 2.75) is 0 Å². The van der Waals surface area contributed by atoms with Gasteiger partial charge in [-0.1, -0.05) is 66.7 Å². The lowest BCUT2D eigenvalue weighted by Gasteiger charge is -2.25. The smallest absolute Gasteiger partial charge is 0.221 e. The number of ether oxygens (including phenoxy) is 1. The van der Waals surface area contributed by atoms with Crippen molar-refractivity contribution in [2.24, 2.45) is 0 Å². The Labute approximate surface area is 213 Å². The van der Waals surface area contributed by atoms with Crippen LogP contribution in [0.1, 0.15) is 0 Å². The number of para-hydroxylation sites is 3. The molecule has 3 heterocycles. The van der Waals surface area contributed by atoms with Gasteiger partial charge in [0.1, 0.15) is 17.2 Å². The third-order valence-electron chi connectivity index (χ3n) is 6.51. The molecule has 0 aliphatic rings. The fourth-order valence-corrected chi connectivity index (χ4v) is 4.89. The van der Waals surface area contributed by atoms with Gasteiger partial charge in [-0.25, -0.2) is 4.98 Å². The second kappa shape index (κ2) is 8.81. The summed E-state index contributed by atoms with van der Waals surface area (Å²) in [6.07, 6.45) is 3.87. The standard InChI is InChI=1S/C32H22N4O/c1-3-10-23(11-4-1)36(30-16-9-17-31(34-30)37-25-12-5-2-6-13-25)24-18-19-26-27-14-7-8-15-29(27)35-21-20-33-32(35)28(26)22-24/h1-22H. The average Bonchev–Trinajstić information content (AvgIpc) is 3.46. The highest BCUT2D eigenvalue weighted by molar-refractivity contribution is 6.12. The van der Waals surface area contributed by atoms with Gasteiger partial charge in [0, 0.05) is 40.6 Å². The first kappa shape index (κ1) is 21.1. The summed E-state index contributed by atoms with van der Waals surface area (Å²) >= 11 is 0. The molecule has 4 aromatic carbocycles. The van der Waals surface area contributed by atoms with Crippen LogP contribution in [0.25, 0.3) is 27.3 Å². The fourth-order valence-electron chi connectivity index (χ4n) is 4.89. The first-order valence-corrected chi connectivity index (χ1v) is 12.2. The molecule has 0 spiro atoms. The second-order valence-electron chi connectivity index (χ2n) is 8.79. The summed E-state index contributed by atoms with van der Waals surface area (Å²) < 4.78 is 8.21. The van der Waals surface area contributed by atoms with Crippen molar-refractivity contribution in [1.29, 1.82) is 0 Å². The van der Waals surface area contributed by atoms with Gasteiger partial charge in [-0.05, 0) is 53.9 Å². The maximum atomic E-state index is 6.06. The van der Waals surface area contributed by atoms with E-state index in [1.807, 2.05) is 79.1 Å². The Hall–Kier alpha value is -5.16. The normalized spacial score (nSPS) is 11.2. The zero-order valence-corrected chi connectivity index (χ0v) is 19.9. The van der Waals surface area contributed by atoms with Crippen LogP contribution < -0.4 is 9.64 Å². The van der Waals surface area contributed by atoms with E-state index in [0.29, 0.717) is 5.88 Å². The van der Waals surface area contributed by atoms with Gasteiger partial charge in [0.05, 0.1) is 5.52 Å². The highest BCUT2D eigenvalue weighted by Crippen LogP contribution is 2.38. The number of benzene rings is 4. The van der Waals surface area contributed by atoms with Crippen molar-refractivity contribution >= 4 is 44.5 Å². The molecule has 0 bridgehead atoms. The molecule has 176 valence electrons. The van der Waals surface area contributed by atoms with Crippen LogP contribution in [0.15, 0.2) is 134 Å². The van der Waals surface area contributed by atoms with Gasteiger partial charge in [0.2, 0.25) is 5.88 Å². The lowest BCUT2D eigenvalue weighted by atomic mass is 10.0. The van der Waals surface area contributed by atoms with Crippen LogP contribution >= 0.6 is 0 Å². The Morgan fingerprint density at radius 2 is 1.41 bits per heavy atom. The van der Waals surface area contributed by atoms with E-state index < -0.39 is 0 Å². The first-order chi connectivity index (χ1) is 18.3. The van der Waals surface area contributed by atoms with Crippen LogP contribution in [0, 0.1) is 0 Å². The Kier molecular flexibility index (Phi) is 5.03. The van der Waals surface area contributed by atoms with Crippen LogP contribution in [0.4, 0.5) is 17.2 Å². The Morgan fingerprint density at radius 1 is 0.622 bits per heavy atom. The highest BCUT2D eigenvalue weighted by Gasteiger charge is 2.17. The fraction of sp³-hybridized carbons (Fsp3) is 0. The van der Waals surface area contributed by atoms with Crippen molar-refractivity contribution in [3.63, 3.8) is 0 Å². The van der Waals surface area contributed by atoms with E-state index in [4.69, 9.17) is 14.7 Å². The van der Waals surface area contributed by atoms with E-state index in [-0.39, 0.29) is 0 Å². The number of rotatable bonds is 5. The number of aromatic nitrogens is 3. The molecule has 0 aliphatic heterocycles. The minimum Gasteiger partial charge on any atom is -0.439 e. The zero-order chi connectivity index (χ0) is 24.6.